The Bertz CT molecular complexity index is 814. The van der Waals surface area contributed by atoms with Gasteiger partial charge in [-0.3, -0.25) is 4.90 Å². The molecule has 5 rings (SSSR count). The fourth-order valence-electron chi connectivity index (χ4n) is 5.85. The molecule has 4 aliphatic rings. The van der Waals surface area contributed by atoms with Crippen molar-refractivity contribution in [3.63, 3.8) is 0 Å². The lowest BCUT2D eigenvalue weighted by molar-refractivity contribution is 0.174. The molecule has 0 spiro atoms. The van der Waals surface area contributed by atoms with Crippen LogP contribution in [0, 0.1) is 16.7 Å². The van der Waals surface area contributed by atoms with E-state index < -0.39 is 0 Å². The standard InChI is InChI=1S/C25H36N2O2/c1-24(2)13-19(14-25(3,4)16-24)20-11-22-23(29-17-28-22)12-21(20)27-9-7-26(8-10-27)15-18-5-6-18/h11-13,18H,5-10,14-17H2,1-4H3. The lowest BCUT2D eigenvalue weighted by Crippen LogP contribution is -2.47. The van der Waals surface area contributed by atoms with Crippen molar-refractivity contribution in [2.24, 2.45) is 16.7 Å². The van der Waals surface area contributed by atoms with Gasteiger partial charge in [-0.15, -0.1) is 0 Å². The smallest absolute Gasteiger partial charge is 0.231 e. The summed E-state index contributed by atoms with van der Waals surface area (Å²) < 4.78 is 11.5. The number of hydrogen-bond acceptors (Lipinski definition) is 4. The zero-order valence-electron chi connectivity index (χ0n) is 18.6. The molecular weight excluding hydrogens is 360 g/mol. The van der Waals surface area contributed by atoms with Crippen molar-refractivity contribution in [2.45, 2.75) is 53.4 Å². The minimum Gasteiger partial charge on any atom is -0.454 e. The van der Waals surface area contributed by atoms with Gasteiger partial charge >= 0.3 is 0 Å². The molecule has 2 heterocycles. The summed E-state index contributed by atoms with van der Waals surface area (Å²) in [5.41, 5.74) is 4.68. The average Bonchev–Trinajstić information content (AvgIpc) is 3.33. The molecule has 2 aliphatic heterocycles. The first-order valence-electron chi connectivity index (χ1n) is 11.4. The fraction of sp³-hybridized carbons (Fsp3) is 0.680. The molecule has 158 valence electrons. The largest absolute Gasteiger partial charge is 0.454 e. The minimum atomic E-state index is 0.216. The number of benzene rings is 1. The van der Waals surface area contributed by atoms with Gasteiger partial charge in [0.25, 0.3) is 0 Å². The third-order valence-corrected chi connectivity index (χ3v) is 6.93. The molecule has 0 radical (unpaired) electrons. The van der Waals surface area contributed by atoms with Crippen molar-refractivity contribution in [2.75, 3.05) is 44.4 Å². The highest BCUT2D eigenvalue weighted by Crippen LogP contribution is 2.50. The molecular formula is C25H36N2O2. The number of hydrogen-bond donors (Lipinski definition) is 0. The van der Waals surface area contributed by atoms with Crippen LogP contribution in [-0.2, 0) is 0 Å². The molecule has 2 fully saturated rings. The molecule has 1 saturated carbocycles. The van der Waals surface area contributed by atoms with Crippen molar-refractivity contribution in [3.05, 3.63) is 23.8 Å². The minimum absolute atomic E-state index is 0.216. The molecule has 0 aromatic heterocycles. The maximum absolute atomic E-state index is 5.77. The highest BCUT2D eigenvalue weighted by atomic mass is 16.7. The van der Waals surface area contributed by atoms with Crippen LogP contribution in [0.15, 0.2) is 18.2 Å². The lowest BCUT2D eigenvalue weighted by Gasteiger charge is -2.41. The number of fused-ring (bicyclic) bond motifs is 1. The first-order valence-corrected chi connectivity index (χ1v) is 11.4. The number of anilines is 1. The van der Waals surface area contributed by atoms with Crippen LogP contribution in [0.25, 0.3) is 5.57 Å². The Hall–Kier alpha value is -1.68. The molecule has 0 bridgehead atoms. The van der Waals surface area contributed by atoms with E-state index in [1.807, 2.05) is 0 Å². The third-order valence-electron chi connectivity index (χ3n) is 6.93. The van der Waals surface area contributed by atoms with Gasteiger partial charge in [-0.25, -0.2) is 0 Å². The average molecular weight is 397 g/mol. The Kier molecular flexibility index (Phi) is 4.62. The van der Waals surface area contributed by atoms with E-state index in [0.717, 1.165) is 36.9 Å². The Morgan fingerprint density at radius 2 is 1.66 bits per heavy atom. The summed E-state index contributed by atoms with van der Waals surface area (Å²) in [4.78, 5) is 5.24. The summed E-state index contributed by atoms with van der Waals surface area (Å²) in [6.45, 7) is 15.7. The predicted molar refractivity (Wildman–Crippen MR) is 119 cm³/mol. The number of allylic oxidation sites excluding steroid dienone is 2. The number of nitrogens with zero attached hydrogens (tertiary/aromatic N) is 2. The Labute approximate surface area is 175 Å². The Morgan fingerprint density at radius 3 is 2.31 bits per heavy atom. The number of rotatable bonds is 4. The summed E-state index contributed by atoms with van der Waals surface area (Å²) in [6, 6.07) is 4.49. The van der Waals surface area contributed by atoms with Gasteiger partial charge in [-0.1, -0.05) is 33.8 Å². The predicted octanol–water partition coefficient (Wildman–Crippen LogP) is 5.18. The highest BCUT2D eigenvalue weighted by molar-refractivity contribution is 5.81. The summed E-state index contributed by atoms with van der Waals surface area (Å²) in [6.07, 6.45) is 7.73. The number of ether oxygens (including phenoxy) is 2. The topological polar surface area (TPSA) is 24.9 Å². The third kappa shape index (κ3) is 4.14. The van der Waals surface area contributed by atoms with Crippen molar-refractivity contribution in [3.8, 4) is 11.5 Å². The zero-order chi connectivity index (χ0) is 20.2. The quantitative estimate of drug-likeness (QED) is 0.700. The van der Waals surface area contributed by atoms with Crippen LogP contribution >= 0.6 is 0 Å². The van der Waals surface area contributed by atoms with Gasteiger partial charge in [0.1, 0.15) is 0 Å². The first-order chi connectivity index (χ1) is 13.8. The fourth-order valence-corrected chi connectivity index (χ4v) is 5.85. The van der Waals surface area contributed by atoms with E-state index in [1.54, 1.807) is 0 Å². The molecule has 1 aromatic rings. The SMILES string of the molecule is CC1(C)C=C(c2cc3c(cc2N2CCN(CC4CC4)CC2)OCO3)CC(C)(C)C1. The van der Waals surface area contributed by atoms with E-state index in [2.05, 4.69) is 55.7 Å². The van der Waals surface area contributed by atoms with Crippen LogP contribution in [0.4, 0.5) is 5.69 Å². The van der Waals surface area contributed by atoms with Crippen LogP contribution in [0.5, 0.6) is 11.5 Å². The molecule has 29 heavy (non-hydrogen) atoms. The van der Waals surface area contributed by atoms with Crippen molar-refractivity contribution >= 4 is 11.3 Å². The normalized spacial score (nSPS) is 25.8. The molecule has 0 unspecified atom stereocenters. The van der Waals surface area contributed by atoms with E-state index in [4.69, 9.17) is 9.47 Å². The van der Waals surface area contributed by atoms with Gasteiger partial charge in [-0.05, 0) is 54.1 Å². The molecule has 4 nitrogen and oxygen atoms in total. The maximum atomic E-state index is 5.77. The summed E-state index contributed by atoms with van der Waals surface area (Å²) >= 11 is 0. The van der Waals surface area contributed by atoms with Crippen molar-refractivity contribution in [1.29, 1.82) is 0 Å². The maximum Gasteiger partial charge on any atom is 0.231 e. The molecule has 0 atom stereocenters. The molecule has 1 aromatic carbocycles. The van der Waals surface area contributed by atoms with Gasteiger partial charge in [0.2, 0.25) is 6.79 Å². The molecule has 0 N–H and O–H groups in total. The van der Waals surface area contributed by atoms with Gasteiger partial charge in [0.05, 0.1) is 0 Å². The van der Waals surface area contributed by atoms with E-state index >= 15 is 0 Å². The molecule has 1 saturated heterocycles. The second kappa shape index (κ2) is 6.94. The molecule has 2 aliphatic carbocycles. The van der Waals surface area contributed by atoms with E-state index in [-0.39, 0.29) is 5.41 Å². The highest BCUT2D eigenvalue weighted by Gasteiger charge is 2.35. The van der Waals surface area contributed by atoms with Crippen LogP contribution in [-0.4, -0.2) is 44.4 Å². The van der Waals surface area contributed by atoms with Crippen LogP contribution in [0.2, 0.25) is 0 Å². The van der Waals surface area contributed by atoms with E-state index in [0.29, 0.717) is 12.2 Å². The van der Waals surface area contributed by atoms with Crippen molar-refractivity contribution < 1.29 is 9.47 Å². The van der Waals surface area contributed by atoms with E-state index in [9.17, 15) is 0 Å². The Morgan fingerprint density at radius 1 is 0.966 bits per heavy atom. The Balaban J connectivity index is 1.46. The van der Waals surface area contributed by atoms with Crippen LogP contribution in [0.3, 0.4) is 0 Å². The van der Waals surface area contributed by atoms with Crippen molar-refractivity contribution in [1.82, 2.24) is 4.90 Å². The second-order valence-electron chi connectivity index (χ2n) is 11.1. The van der Waals surface area contributed by atoms with Gasteiger partial charge < -0.3 is 14.4 Å². The zero-order valence-corrected chi connectivity index (χ0v) is 18.6. The number of piperazine rings is 1. The van der Waals surface area contributed by atoms with E-state index in [1.165, 1.54) is 55.7 Å². The first kappa shape index (κ1) is 19.3. The van der Waals surface area contributed by atoms with Gasteiger partial charge in [-0.2, -0.15) is 0 Å². The summed E-state index contributed by atoms with van der Waals surface area (Å²) in [5, 5.41) is 0. The summed E-state index contributed by atoms with van der Waals surface area (Å²) in [5.74, 6) is 2.77. The summed E-state index contributed by atoms with van der Waals surface area (Å²) in [7, 11) is 0. The van der Waals surface area contributed by atoms with Crippen LogP contribution < -0.4 is 14.4 Å². The van der Waals surface area contributed by atoms with Crippen LogP contribution in [0.1, 0.15) is 58.9 Å². The van der Waals surface area contributed by atoms with Gasteiger partial charge in [0.15, 0.2) is 11.5 Å². The lowest BCUT2D eigenvalue weighted by atomic mass is 9.65. The molecule has 4 heteroatoms. The van der Waals surface area contributed by atoms with Gasteiger partial charge in [0, 0.05) is 50.0 Å². The second-order valence-corrected chi connectivity index (χ2v) is 11.1. The molecule has 0 amide bonds. The monoisotopic (exact) mass is 396 g/mol.